The molecule has 0 saturated carbocycles. The molecule has 0 aliphatic carbocycles. The van der Waals surface area contributed by atoms with Gasteiger partial charge in [-0.05, 0) is 32.0 Å². The summed E-state index contributed by atoms with van der Waals surface area (Å²) in [7, 11) is 2.17. The molecule has 2 N–H and O–H groups in total. The molecule has 1 heterocycles. The van der Waals surface area contributed by atoms with Crippen LogP contribution in [0.2, 0.25) is 0 Å². The highest BCUT2D eigenvalue weighted by atomic mass is 16.5. The minimum atomic E-state index is 0.190. The van der Waals surface area contributed by atoms with Crippen LogP contribution in [0.15, 0.2) is 0 Å². The number of nitrogens with two attached hydrogens (primary N) is 1. The van der Waals surface area contributed by atoms with Crippen LogP contribution in [-0.4, -0.2) is 68.8 Å². The topological polar surface area (TPSA) is 41.7 Å². The van der Waals surface area contributed by atoms with Crippen molar-refractivity contribution in [2.45, 2.75) is 33.3 Å². The average Bonchev–Trinajstić information content (AvgIpc) is 2.29. The Kier molecular flexibility index (Phi) is 6.57. The van der Waals surface area contributed by atoms with Crippen molar-refractivity contribution < 1.29 is 4.74 Å². The minimum absolute atomic E-state index is 0.190. The third-order valence-electron chi connectivity index (χ3n) is 3.55. The molecule has 18 heavy (non-hydrogen) atoms. The van der Waals surface area contributed by atoms with Gasteiger partial charge in [0.15, 0.2) is 0 Å². The zero-order valence-corrected chi connectivity index (χ0v) is 12.6. The smallest absolute Gasteiger partial charge is 0.0829 e. The molecule has 4 heteroatoms. The van der Waals surface area contributed by atoms with E-state index in [1.54, 1.807) is 0 Å². The van der Waals surface area contributed by atoms with E-state index in [0.29, 0.717) is 6.10 Å². The lowest BCUT2D eigenvalue weighted by atomic mass is 9.93. The summed E-state index contributed by atoms with van der Waals surface area (Å²) < 4.78 is 5.86. The molecule has 1 aliphatic rings. The number of morpholine rings is 1. The van der Waals surface area contributed by atoms with E-state index in [4.69, 9.17) is 10.5 Å². The SMILES string of the molecule is CCCN(CC1CN(C)CCO1)CC(C)(C)CN. The van der Waals surface area contributed by atoms with Gasteiger partial charge in [-0.25, -0.2) is 0 Å². The van der Waals surface area contributed by atoms with Gasteiger partial charge < -0.3 is 20.3 Å². The van der Waals surface area contributed by atoms with Crippen LogP contribution in [0.4, 0.5) is 0 Å². The van der Waals surface area contributed by atoms with E-state index >= 15 is 0 Å². The molecule has 1 unspecified atom stereocenters. The van der Waals surface area contributed by atoms with Crippen LogP contribution < -0.4 is 5.73 Å². The van der Waals surface area contributed by atoms with Crippen LogP contribution in [0.5, 0.6) is 0 Å². The first-order valence-corrected chi connectivity index (χ1v) is 7.19. The Labute approximate surface area is 112 Å². The van der Waals surface area contributed by atoms with E-state index in [1.807, 2.05) is 0 Å². The standard InChI is InChI=1S/C14H31N3O/c1-5-6-17(12-14(2,3)11-15)10-13-9-16(4)7-8-18-13/h13H,5-12,15H2,1-4H3. The van der Waals surface area contributed by atoms with E-state index < -0.39 is 0 Å². The van der Waals surface area contributed by atoms with Gasteiger partial charge in [0.25, 0.3) is 0 Å². The summed E-state index contributed by atoms with van der Waals surface area (Å²) >= 11 is 0. The van der Waals surface area contributed by atoms with Crippen molar-refractivity contribution in [3.05, 3.63) is 0 Å². The third kappa shape index (κ3) is 5.65. The molecular formula is C14H31N3O. The highest BCUT2D eigenvalue weighted by molar-refractivity contribution is 4.78. The molecule has 0 aromatic heterocycles. The zero-order chi connectivity index (χ0) is 13.6. The fraction of sp³-hybridized carbons (Fsp3) is 1.00. The van der Waals surface area contributed by atoms with Crippen molar-refractivity contribution in [1.29, 1.82) is 0 Å². The molecule has 0 bridgehead atoms. The lowest BCUT2D eigenvalue weighted by Crippen LogP contribution is -2.48. The summed E-state index contributed by atoms with van der Waals surface area (Å²) in [5, 5.41) is 0. The van der Waals surface area contributed by atoms with Gasteiger partial charge in [0.05, 0.1) is 12.7 Å². The van der Waals surface area contributed by atoms with E-state index in [0.717, 1.165) is 45.9 Å². The first-order valence-electron chi connectivity index (χ1n) is 7.19. The predicted molar refractivity (Wildman–Crippen MR) is 76.8 cm³/mol. The van der Waals surface area contributed by atoms with Crippen molar-refractivity contribution >= 4 is 0 Å². The highest BCUT2D eigenvalue weighted by Crippen LogP contribution is 2.16. The van der Waals surface area contributed by atoms with Gasteiger partial charge in [0, 0.05) is 26.2 Å². The first-order chi connectivity index (χ1) is 8.46. The molecule has 0 amide bonds. The van der Waals surface area contributed by atoms with E-state index in [2.05, 4.69) is 37.6 Å². The summed E-state index contributed by atoms with van der Waals surface area (Å²) in [5.41, 5.74) is 6.03. The molecule has 108 valence electrons. The van der Waals surface area contributed by atoms with Crippen LogP contribution in [0.3, 0.4) is 0 Å². The largest absolute Gasteiger partial charge is 0.374 e. The molecule has 1 rings (SSSR count). The fourth-order valence-electron chi connectivity index (χ4n) is 2.49. The fourth-order valence-corrected chi connectivity index (χ4v) is 2.49. The van der Waals surface area contributed by atoms with Gasteiger partial charge in [-0.1, -0.05) is 20.8 Å². The molecule has 1 aliphatic heterocycles. The van der Waals surface area contributed by atoms with E-state index in [1.165, 1.54) is 6.42 Å². The molecule has 4 nitrogen and oxygen atoms in total. The first kappa shape index (κ1) is 15.9. The van der Waals surface area contributed by atoms with Crippen molar-refractivity contribution in [3.63, 3.8) is 0 Å². The monoisotopic (exact) mass is 257 g/mol. The Bertz CT molecular complexity index is 233. The van der Waals surface area contributed by atoms with E-state index in [9.17, 15) is 0 Å². The highest BCUT2D eigenvalue weighted by Gasteiger charge is 2.24. The molecule has 1 atom stereocenters. The maximum atomic E-state index is 5.86. The number of rotatable bonds is 7. The third-order valence-corrected chi connectivity index (χ3v) is 3.55. The second-order valence-electron chi connectivity index (χ2n) is 6.36. The second-order valence-corrected chi connectivity index (χ2v) is 6.36. The number of nitrogens with zero attached hydrogens (tertiary/aromatic N) is 2. The number of hydrogen-bond donors (Lipinski definition) is 1. The lowest BCUT2D eigenvalue weighted by molar-refractivity contribution is -0.0392. The van der Waals surface area contributed by atoms with Gasteiger partial charge >= 0.3 is 0 Å². The van der Waals surface area contributed by atoms with Gasteiger partial charge in [-0.3, -0.25) is 0 Å². The van der Waals surface area contributed by atoms with Crippen molar-refractivity contribution in [1.82, 2.24) is 9.80 Å². The Hall–Kier alpha value is -0.160. The van der Waals surface area contributed by atoms with Gasteiger partial charge in [0.1, 0.15) is 0 Å². The summed E-state index contributed by atoms with van der Waals surface area (Å²) in [5.74, 6) is 0. The molecular weight excluding hydrogens is 226 g/mol. The van der Waals surface area contributed by atoms with Crippen molar-refractivity contribution in [2.24, 2.45) is 11.1 Å². The van der Waals surface area contributed by atoms with Crippen molar-refractivity contribution in [2.75, 3.05) is 52.9 Å². The summed E-state index contributed by atoms with van der Waals surface area (Å²) in [6.45, 7) is 13.6. The molecule has 1 fully saturated rings. The number of hydrogen-bond acceptors (Lipinski definition) is 4. The Morgan fingerprint density at radius 2 is 2.17 bits per heavy atom. The van der Waals surface area contributed by atoms with Crippen LogP contribution in [0.1, 0.15) is 27.2 Å². The number of likely N-dealkylation sites (N-methyl/N-ethyl adjacent to an activating group) is 1. The summed E-state index contributed by atoms with van der Waals surface area (Å²) in [6.07, 6.45) is 1.53. The summed E-state index contributed by atoms with van der Waals surface area (Å²) in [4.78, 5) is 4.86. The molecule has 0 radical (unpaired) electrons. The maximum Gasteiger partial charge on any atom is 0.0829 e. The summed E-state index contributed by atoms with van der Waals surface area (Å²) in [6, 6.07) is 0. The second kappa shape index (κ2) is 7.43. The van der Waals surface area contributed by atoms with Crippen LogP contribution in [-0.2, 0) is 4.74 Å². The van der Waals surface area contributed by atoms with Gasteiger partial charge in [-0.2, -0.15) is 0 Å². The van der Waals surface area contributed by atoms with Crippen LogP contribution in [0.25, 0.3) is 0 Å². The molecule has 0 aromatic carbocycles. The zero-order valence-electron chi connectivity index (χ0n) is 12.6. The quantitative estimate of drug-likeness (QED) is 0.739. The molecule has 0 aromatic rings. The molecule has 1 saturated heterocycles. The van der Waals surface area contributed by atoms with Crippen molar-refractivity contribution in [3.8, 4) is 0 Å². The Morgan fingerprint density at radius 3 is 2.72 bits per heavy atom. The van der Waals surface area contributed by atoms with E-state index in [-0.39, 0.29) is 5.41 Å². The van der Waals surface area contributed by atoms with Crippen LogP contribution in [0, 0.1) is 5.41 Å². The lowest BCUT2D eigenvalue weighted by Gasteiger charge is -2.37. The van der Waals surface area contributed by atoms with Gasteiger partial charge in [0.2, 0.25) is 0 Å². The minimum Gasteiger partial charge on any atom is -0.374 e. The Morgan fingerprint density at radius 1 is 1.44 bits per heavy atom. The Balaban J connectivity index is 2.46. The predicted octanol–water partition coefficient (Wildman–Crippen LogP) is 1.01. The maximum absolute atomic E-state index is 5.86. The molecule has 0 spiro atoms. The normalized spacial score (nSPS) is 22.7. The number of ether oxygens (including phenoxy) is 1. The van der Waals surface area contributed by atoms with Gasteiger partial charge in [-0.15, -0.1) is 0 Å². The van der Waals surface area contributed by atoms with Crippen LogP contribution >= 0.6 is 0 Å². The average molecular weight is 257 g/mol.